The zero-order valence-corrected chi connectivity index (χ0v) is 28.3. The van der Waals surface area contributed by atoms with Crippen molar-refractivity contribution in [3.8, 4) is 5.75 Å². The lowest BCUT2D eigenvalue weighted by molar-refractivity contribution is -0.347. The summed E-state index contributed by atoms with van der Waals surface area (Å²) in [4.78, 5) is 66.3. The van der Waals surface area contributed by atoms with E-state index in [-0.39, 0.29) is 53.1 Å². The minimum atomic E-state index is -2.81. The largest absolute Gasteiger partial charge is 0.507 e. The van der Waals surface area contributed by atoms with E-state index in [1.54, 1.807) is 27.7 Å². The number of hydrogen-bond acceptors (Lipinski definition) is 14. The van der Waals surface area contributed by atoms with Crippen LogP contribution >= 0.6 is 0 Å². The minimum Gasteiger partial charge on any atom is -0.507 e. The third-order valence-corrected chi connectivity index (χ3v) is 11.2. The molecule has 0 amide bonds. The summed E-state index contributed by atoms with van der Waals surface area (Å²) in [6.45, 7) is 6.53. The minimum absolute atomic E-state index is 0.101. The average molecular weight is 707 g/mol. The second-order valence-electron chi connectivity index (χ2n) is 14.8. The van der Waals surface area contributed by atoms with E-state index in [2.05, 4.69) is 0 Å². The normalized spacial score (nSPS) is 43.3. The molecule has 270 valence electrons. The number of phenolic OH excluding ortho intramolecular Hbond substituents is 1. The molecule has 7 aliphatic rings. The first-order chi connectivity index (χ1) is 24.0. The number of hydrogen-bond donors (Lipinski definition) is 3. The van der Waals surface area contributed by atoms with Gasteiger partial charge in [-0.1, -0.05) is 12.1 Å². The number of phenols is 1. The first-order valence-corrected chi connectivity index (χ1v) is 17.1. The van der Waals surface area contributed by atoms with Crippen LogP contribution in [0.1, 0.15) is 85.8 Å². The number of ether oxygens (including phenoxy) is 6. The molecule has 4 heterocycles. The molecule has 8 rings (SSSR count). The summed E-state index contributed by atoms with van der Waals surface area (Å²) in [5, 5.41) is 35.5. The van der Waals surface area contributed by atoms with Gasteiger partial charge < -0.3 is 43.7 Å². The molecule has 3 N–H and O–H groups in total. The van der Waals surface area contributed by atoms with Crippen molar-refractivity contribution in [2.75, 3.05) is 0 Å². The van der Waals surface area contributed by atoms with Gasteiger partial charge in [-0.3, -0.25) is 24.0 Å². The SMILES string of the molecule is CC1OC(O[C@@]2(C)CC(=O)[C@]3(O)C4=C(C=C[C@]3(O)C2)C(=O)c2c(ccc([C@@H]3C[C@@H]5OC6CC(=O)C(C)OC6O[C@H]5[C@H](C)O3)c2O)C4=O)C=CC1=O. The molecule has 4 aliphatic heterocycles. The highest BCUT2D eigenvalue weighted by Crippen LogP contribution is 2.53. The standard InChI is InChI=1S/C37H38O14/c1-15-21(38)7-8-27(47-15)51-35(4)13-26(40)37(45)29-20(9-10-36(37,44)14-35)31(42)28-19(32(29)43)6-5-18(30(28)41)23-12-24-33(17(3)46-23)50-34-25(49-24)11-22(39)16(2)48-34/h5-10,15-17,23-25,27,33-34,41,44-45H,11-14H2,1-4H3/t15?,16?,17-,23-,24-,25?,27?,33-,34?,35-,36-,37-/m0/s1. The number of aliphatic hydroxyl groups is 2. The highest BCUT2D eigenvalue weighted by molar-refractivity contribution is 6.32. The Morgan fingerprint density at radius 3 is 2.39 bits per heavy atom. The summed E-state index contributed by atoms with van der Waals surface area (Å²) in [5.74, 6) is -3.55. The Bertz CT molecular complexity index is 1880. The molecule has 1 aromatic carbocycles. The number of carbonyl (C=O) groups excluding carboxylic acids is 5. The molecule has 1 aromatic rings. The van der Waals surface area contributed by atoms with E-state index in [1.165, 1.54) is 30.4 Å². The van der Waals surface area contributed by atoms with Crippen LogP contribution < -0.4 is 0 Å². The van der Waals surface area contributed by atoms with Gasteiger partial charge in [0.25, 0.3) is 0 Å². The van der Waals surface area contributed by atoms with Gasteiger partial charge in [0.2, 0.25) is 0 Å². The monoisotopic (exact) mass is 706 g/mol. The van der Waals surface area contributed by atoms with Crippen LogP contribution in [-0.4, -0.2) is 110 Å². The predicted octanol–water partition coefficient (Wildman–Crippen LogP) is 1.81. The summed E-state index contributed by atoms with van der Waals surface area (Å²) in [6, 6.07) is 2.77. The maximum atomic E-state index is 14.2. The van der Waals surface area contributed by atoms with Gasteiger partial charge in [-0.2, -0.15) is 0 Å². The van der Waals surface area contributed by atoms with Crippen molar-refractivity contribution >= 4 is 28.9 Å². The third-order valence-electron chi connectivity index (χ3n) is 11.2. The molecule has 0 aromatic heterocycles. The zero-order valence-electron chi connectivity index (χ0n) is 28.3. The molecule has 0 spiro atoms. The Morgan fingerprint density at radius 1 is 0.882 bits per heavy atom. The molecule has 1 saturated carbocycles. The van der Waals surface area contributed by atoms with Gasteiger partial charge in [-0.25, -0.2) is 0 Å². The van der Waals surface area contributed by atoms with E-state index >= 15 is 0 Å². The lowest BCUT2D eigenvalue weighted by Crippen LogP contribution is -2.69. The fourth-order valence-corrected chi connectivity index (χ4v) is 8.60. The van der Waals surface area contributed by atoms with Crippen LogP contribution in [-0.2, 0) is 42.8 Å². The fraction of sp³-hybridized carbons (Fsp3) is 0.541. The van der Waals surface area contributed by atoms with Crippen LogP contribution in [0.3, 0.4) is 0 Å². The molecule has 5 unspecified atom stereocenters. The van der Waals surface area contributed by atoms with E-state index in [4.69, 9.17) is 28.4 Å². The maximum Gasteiger partial charge on any atom is 0.198 e. The number of fused-ring (bicyclic) bond motifs is 5. The highest BCUT2D eigenvalue weighted by atomic mass is 16.7. The van der Waals surface area contributed by atoms with Gasteiger partial charge in [0.1, 0.15) is 35.8 Å². The van der Waals surface area contributed by atoms with Gasteiger partial charge in [0.05, 0.1) is 35.0 Å². The molecule has 14 heteroatoms. The van der Waals surface area contributed by atoms with E-state index in [1.807, 2.05) is 0 Å². The summed E-state index contributed by atoms with van der Waals surface area (Å²) in [5.41, 5.74) is -7.84. The molecular weight excluding hydrogens is 668 g/mol. The molecule has 0 bridgehead atoms. The molecule has 3 saturated heterocycles. The van der Waals surface area contributed by atoms with Gasteiger partial charge >= 0.3 is 0 Å². The molecule has 51 heavy (non-hydrogen) atoms. The Hall–Kier alpha value is -3.73. The Kier molecular flexibility index (Phi) is 7.84. The second-order valence-corrected chi connectivity index (χ2v) is 14.8. The third kappa shape index (κ3) is 5.11. The summed E-state index contributed by atoms with van der Waals surface area (Å²) in [7, 11) is 0. The van der Waals surface area contributed by atoms with Crippen LogP contribution in [0.2, 0.25) is 0 Å². The van der Waals surface area contributed by atoms with Crippen molar-refractivity contribution in [1.82, 2.24) is 0 Å². The van der Waals surface area contributed by atoms with Crippen molar-refractivity contribution in [2.45, 2.75) is 125 Å². The molecule has 3 aliphatic carbocycles. The number of ketones is 5. The second kappa shape index (κ2) is 11.6. The number of carbonyl (C=O) groups is 5. The number of rotatable bonds is 3. The number of benzene rings is 1. The van der Waals surface area contributed by atoms with Gasteiger partial charge in [-0.05, 0) is 52.0 Å². The zero-order chi connectivity index (χ0) is 36.4. The fourth-order valence-electron chi connectivity index (χ4n) is 8.60. The highest BCUT2D eigenvalue weighted by Gasteiger charge is 2.67. The topological polar surface area (TPSA) is 201 Å². The van der Waals surface area contributed by atoms with Crippen LogP contribution in [0.15, 0.2) is 47.6 Å². The lowest BCUT2D eigenvalue weighted by atomic mass is 9.57. The molecular formula is C37H38O14. The van der Waals surface area contributed by atoms with Crippen molar-refractivity contribution in [3.05, 3.63) is 64.3 Å². The van der Waals surface area contributed by atoms with E-state index < -0.39 is 107 Å². The van der Waals surface area contributed by atoms with E-state index in [0.717, 1.165) is 6.08 Å². The van der Waals surface area contributed by atoms with Crippen LogP contribution in [0, 0.1) is 0 Å². The predicted molar refractivity (Wildman–Crippen MR) is 170 cm³/mol. The Labute approximate surface area is 292 Å². The first-order valence-electron chi connectivity index (χ1n) is 17.1. The van der Waals surface area contributed by atoms with Crippen molar-refractivity contribution in [2.24, 2.45) is 0 Å². The smallest absolute Gasteiger partial charge is 0.198 e. The first kappa shape index (κ1) is 34.4. The summed E-state index contributed by atoms with van der Waals surface area (Å²) >= 11 is 0. The molecule has 14 nitrogen and oxygen atoms in total. The lowest BCUT2D eigenvalue weighted by Gasteiger charge is -2.53. The summed E-state index contributed by atoms with van der Waals surface area (Å²) < 4.78 is 36.0. The van der Waals surface area contributed by atoms with Crippen LogP contribution in [0.25, 0.3) is 0 Å². The van der Waals surface area contributed by atoms with Gasteiger partial charge in [0, 0.05) is 42.4 Å². The van der Waals surface area contributed by atoms with Crippen molar-refractivity contribution < 1.29 is 67.7 Å². The number of Topliss-reactive ketones (excluding diaryl/α,β-unsaturated/α-hetero) is 4. The average Bonchev–Trinajstić information content (AvgIpc) is 3.05. The molecule has 0 radical (unpaired) electrons. The van der Waals surface area contributed by atoms with Crippen molar-refractivity contribution in [1.29, 1.82) is 0 Å². The Balaban J connectivity index is 1.07. The van der Waals surface area contributed by atoms with Crippen molar-refractivity contribution in [3.63, 3.8) is 0 Å². The van der Waals surface area contributed by atoms with Crippen LogP contribution in [0.5, 0.6) is 5.75 Å². The number of aromatic hydroxyl groups is 1. The maximum absolute atomic E-state index is 14.2. The quantitative estimate of drug-likeness (QED) is 0.411. The van der Waals surface area contributed by atoms with Gasteiger partial charge in [-0.15, -0.1) is 0 Å². The summed E-state index contributed by atoms with van der Waals surface area (Å²) in [6.07, 6.45) is -1.66. The van der Waals surface area contributed by atoms with E-state index in [0.29, 0.717) is 0 Å². The molecule has 12 atom stereocenters. The van der Waals surface area contributed by atoms with Crippen LogP contribution in [0.4, 0.5) is 0 Å². The Morgan fingerprint density at radius 2 is 1.65 bits per heavy atom. The molecule has 4 fully saturated rings. The number of allylic oxidation sites excluding steroid dienone is 2. The van der Waals surface area contributed by atoms with E-state index in [9.17, 15) is 39.3 Å². The van der Waals surface area contributed by atoms with Gasteiger partial charge in [0.15, 0.2) is 47.1 Å².